The Morgan fingerprint density at radius 3 is 2.33 bits per heavy atom. The van der Waals surface area contributed by atoms with Crippen LogP contribution in [-0.4, -0.2) is 70.1 Å². The standard InChI is InChI=1S/C27H32N6O6S/c1-33-8-7-16(14-33)17-9-23(37-3)26(24(10-17)38-4)40(34,35)32-27-18-11-22(36-2)20(12-21(18)39-31-27)28-25-13-19(29-30-25)15-5-6-15/h9-13,15-16H,5-8,14H2,1-4H3,(H,31,32)(H2,28,29,30)/t16-/m0/s1. The van der Waals surface area contributed by atoms with Crippen LogP contribution in [0.1, 0.15) is 42.4 Å². The first-order valence-electron chi connectivity index (χ1n) is 13.1. The van der Waals surface area contributed by atoms with Gasteiger partial charge >= 0.3 is 0 Å². The number of hydrogen-bond donors (Lipinski definition) is 3. The molecular formula is C27H32N6O6S. The number of H-pyrrole nitrogens is 1. The van der Waals surface area contributed by atoms with Crippen molar-refractivity contribution in [3.63, 3.8) is 0 Å². The van der Waals surface area contributed by atoms with Crippen LogP contribution in [0.25, 0.3) is 11.0 Å². The molecule has 4 aromatic rings. The number of fused-ring (bicyclic) bond motifs is 1. The zero-order valence-electron chi connectivity index (χ0n) is 22.8. The molecule has 3 N–H and O–H groups in total. The van der Waals surface area contributed by atoms with Gasteiger partial charge < -0.3 is 29.0 Å². The molecule has 6 rings (SSSR count). The van der Waals surface area contributed by atoms with Crippen LogP contribution in [-0.2, 0) is 10.0 Å². The third-order valence-corrected chi connectivity index (χ3v) is 8.92. The van der Waals surface area contributed by atoms with Crippen LogP contribution in [0.3, 0.4) is 0 Å². The van der Waals surface area contributed by atoms with E-state index in [1.165, 1.54) is 21.3 Å². The van der Waals surface area contributed by atoms with Crippen molar-refractivity contribution < 1.29 is 27.2 Å². The lowest BCUT2D eigenvalue weighted by molar-refractivity contribution is 0.371. The van der Waals surface area contributed by atoms with Crippen molar-refractivity contribution in [1.82, 2.24) is 20.3 Å². The maximum Gasteiger partial charge on any atom is 0.270 e. The number of likely N-dealkylation sites (N-methyl/N-ethyl adjacent to an activating group) is 1. The highest BCUT2D eigenvalue weighted by molar-refractivity contribution is 7.93. The van der Waals surface area contributed by atoms with Crippen LogP contribution in [0.4, 0.5) is 17.3 Å². The fourth-order valence-electron chi connectivity index (χ4n) is 5.23. The van der Waals surface area contributed by atoms with Gasteiger partial charge in [0.2, 0.25) is 0 Å². The number of nitrogens with zero attached hydrogens (tertiary/aromatic N) is 3. The summed E-state index contributed by atoms with van der Waals surface area (Å²) in [7, 11) is 2.28. The van der Waals surface area contributed by atoms with Gasteiger partial charge in [0.1, 0.15) is 17.2 Å². The Kier molecular flexibility index (Phi) is 6.70. The molecule has 0 amide bonds. The van der Waals surface area contributed by atoms with Crippen molar-refractivity contribution in [1.29, 1.82) is 0 Å². The van der Waals surface area contributed by atoms with Gasteiger partial charge in [-0.25, -0.2) is 8.42 Å². The summed E-state index contributed by atoms with van der Waals surface area (Å²) >= 11 is 0. The molecule has 2 aromatic heterocycles. The van der Waals surface area contributed by atoms with Gasteiger partial charge in [-0.3, -0.25) is 9.82 Å². The quantitative estimate of drug-likeness (QED) is 0.251. The molecule has 13 heteroatoms. The highest BCUT2D eigenvalue weighted by atomic mass is 32.2. The van der Waals surface area contributed by atoms with Crippen molar-refractivity contribution in [3.8, 4) is 17.2 Å². The number of hydrogen-bond acceptors (Lipinski definition) is 10. The van der Waals surface area contributed by atoms with Crippen LogP contribution in [0, 0.1) is 0 Å². The molecule has 2 aromatic carbocycles. The van der Waals surface area contributed by atoms with Crippen LogP contribution >= 0.6 is 0 Å². The first-order chi connectivity index (χ1) is 19.3. The zero-order chi connectivity index (χ0) is 28.0. The van der Waals surface area contributed by atoms with Crippen molar-refractivity contribution in [2.45, 2.75) is 36.0 Å². The van der Waals surface area contributed by atoms with Crippen molar-refractivity contribution in [2.24, 2.45) is 0 Å². The van der Waals surface area contributed by atoms with Crippen LogP contribution in [0.5, 0.6) is 17.2 Å². The summed E-state index contributed by atoms with van der Waals surface area (Å²) < 4.78 is 52.1. The van der Waals surface area contributed by atoms with Crippen molar-refractivity contribution in [3.05, 3.63) is 41.6 Å². The molecule has 3 heterocycles. The normalized spacial score (nSPS) is 17.8. The Hall–Kier alpha value is -3.97. The van der Waals surface area contributed by atoms with E-state index >= 15 is 0 Å². The van der Waals surface area contributed by atoms with E-state index in [0.717, 1.165) is 43.6 Å². The van der Waals surface area contributed by atoms with E-state index in [1.54, 1.807) is 24.3 Å². The van der Waals surface area contributed by atoms with E-state index in [2.05, 4.69) is 37.3 Å². The average Bonchev–Trinajstić information content (AvgIpc) is 3.34. The number of ether oxygens (including phenoxy) is 3. The second-order valence-corrected chi connectivity index (χ2v) is 11.9. The lowest BCUT2D eigenvalue weighted by Crippen LogP contribution is -2.17. The van der Waals surface area contributed by atoms with Gasteiger partial charge in [-0.1, -0.05) is 5.16 Å². The lowest BCUT2D eigenvalue weighted by atomic mass is 9.98. The number of rotatable bonds is 10. The molecule has 2 aliphatic rings. The summed E-state index contributed by atoms with van der Waals surface area (Å²) in [6, 6.07) is 8.87. The molecule has 1 saturated carbocycles. The molecule has 1 aliphatic carbocycles. The number of anilines is 3. The Morgan fingerprint density at radius 2 is 1.70 bits per heavy atom. The third kappa shape index (κ3) is 4.90. The number of benzene rings is 2. The summed E-state index contributed by atoms with van der Waals surface area (Å²) in [5.74, 6) is 2.31. The minimum atomic E-state index is -4.19. The molecule has 40 heavy (non-hydrogen) atoms. The zero-order valence-corrected chi connectivity index (χ0v) is 23.6. The molecule has 0 unspecified atom stereocenters. The highest BCUT2D eigenvalue weighted by Crippen LogP contribution is 2.42. The Balaban J connectivity index is 1.31. The molecule has 1 saturated heterocycles. The Labute approximate surface area is 232 Å². The molecule has 2 fully saturated rings. The molecule has 12 nitrogen and oxygen atoms in total. The summed E-state index contributed by atoms with van der Waals surface area (Å²) in [5, 5.41) is 15.1. The van der Waals surface area contributed by atoms with Crippen LogP contribution in [0.15, 0.2) is 39.8 Å². The number of nitrogens with one attached hydrogen (secondary N) is 3. The highest BCUT2D eigenvalue weighted by Gasteiger charge is 2.31. The number of likely N-dealkylation sites (tertiary alicyclic amines) is 1. The second kappa shape index (κ2) is 10.2. The fraction of sp³-hybridized carbons (Fsp3) is 0.407. The van der Waals surface area contributed by atoms with Gasteiger partial charge in [-0.2, -0.15) is 5.10 Å². The smallest absolute Gasteiger partial charge is 0.270 e. The Bertz CT molecular complexity index is 1640. The fourth-order valence-corrected chi connectivity index (χ4v) is 6.55. The number of aromatic nitrogens is 3. The summed E-state index contributed by atoms with van der Waals surface area (Å²) in [4.78, 5) is 2.13. The minimum Gasteiger partial charge on any atom is -0.495 e. The monoisotopic (exact) mass is 568 g/mol. The van der Waals surface area contributed by atoms with E-state index in [-0.39, 0.29) is 28.1 Å². The minimum absolute atomic E-state index is 0.0150. The Morgan fingerprint density at radius 1 is 0.975 bits per heavy atom. The van der Waals surface area contributed by atoms with Gasteiger partial charge in [0.15, 0.2) is 22.1 Å². The van der Waals surface area contributed by atoms with E-state index in [9.17, 15) is 8.42 Å². The average molecular weight is 569 g/mol. The number of sulfonamides is 1. The van der Waals surface area contributed by atoms with Gasteiger partial charge in [0, 0.05) is 30.3 Å². The summed E-state index contributed by atoms with van der Waals surface area (Å²) in [6.07, 6.45) is 3.29. The van der Waals surface area contributed by atoms with Gasteiger partial charge in [-0.15, -0.1) is 0 Å². The predicted octanol–water partition coefficient (Wildman–Crippen LogP) is 4.42. The van der Waals surface area contributed by atoms with Crippen molar-refractivity contribution >= 4 is 38.3 Å². The maximum absolute atomic E-state index is 13.7. The molecule has 0 radical (unpaired) electrons. The second-order valence-electron chi connectivity index (χ2n) is 10.3. The maximum atomic E-state index is 13.7. The van der Waals surface area contributed by atoms with Crippen LogP contribution < -0.4 is 24.2 Å². The van der Waals surface area contributed by atoms with E-state index in [4.69, 9.17) is 18.7 Å². The molecule has 0 bridgehead atoms. The van der Waals surface area contributed by atoms with Crippen molar-refractivity contribution in [2.75, 3.05) is 51.5 Å². The van der Waals surface area contributed by atoms with Gasteiger partial charge in [0.25, 0.3) is 10.0 Å². The topological polar surface area (TPSA) is 144 Å². The molecule has 1 atom stereocenters. The third-order valence-electron chi connectivity index (χ3n) is 7.52. The first-order valence-corrected chi connectivity index (χ1v) is 14.5. The van der Waals surface area contributed by atoms with E-state index < -0.39 is 10.0 Å². The number of aromatic amines is 1. The van der Waals surface area contributed by atoms with Gasteiger partial charge in [-0.05, 0) is 62.5 Å². The molecule has 0 spiro atoms. The lowest BCUT2D eigenvalue weighted by Gasteiger charge is -2.18. The first kappa shape index (κ1) is 26.3. The van der Waals surface area contributed by atoms with E-state index in [0.29, 0.717) is 34.1 Å². The number of methoxy groups -OCH3 is 3. The SMILES string of the molecule is COc1cc2c(NS(=O)(=O)c3c(OC)cc([C@H]4CCN(C)C4)cc3OC)noc2cc1Nc1cc(C2CC2)[nH]n1. The van der Waals surface area contributed by atoms with E-state index in [1.807, 2.05) is 6.07 Å². The molecule has 1 aliphatic heterocycles. The predicted molar refractivity (Wildman–Crippen MR) is 150 cm³/mol. The molecule has 212 valence electrons. The molecular weight excluding hydrogens is 536 g/mol. The summed E-state index contributed by atoms with van der Waals surface area (Å²) in [5.41, 5.74) is 3.02. The largest absolute Gasteiger partial charge is 0.495 e. The van der Waals surface area contributed by atoms with Gasteiger partial charge in [0.05, 0.1) is 32.4 Å². The summed E-state index contributed by atoms with van der Waals surface area (Å²) in [6.45, 7) is 1.85. The van der Waals surface area contributed by atoms with Crippen LogP contribution in [0.2, 0.25) is 0 Å².